The summed E-state index contributed by atoms with van der Waals surface area (Å²) in [4.78, 5) is 7.95. The third kappa shape index (κ3) is 5.03. The molecule has 0 bridgehead atoms. The van der Waals surface area contributed by atoms with Gasteiger partial charge in [-0.2, -0.15) is 0 Å². The molecule has 1 atom stereocenters. The maximum absolute atomic E-state index is 14.9. The molecule has 2 aromatic carbocycles. The van der Waals surface area contributed by atoms with E-state index in [2.05, 4.69) is 5.92 Å². The summed E-state index contributed by atoms with van der Waals surface area (Å²) in [6, 6.07) is 7.91. The van der Waals surface area contributed by atoms with Gasteiger partial charge < -0.3 is 9.64 Å². The van der Waals surface area contributed by atoms with Gasteiger partial charge in [-0.05, 0) is 67.9 Å². The molecule has 0 aliphatic heterocycles. The number of rotatable bonds is 8. The van der Waals surface area contributed by atoms with E-state index < -0.39 is 12.7 Å². The topological polar surface area (TPSA) is 25.4 Å². The van der Waals surface area contributed by atoms with Crippen LogP contribution in [0.3, 0.4) is 0 Å². The summed E-state index contributed by atoms with van der Waals surface area (Å²) < 4.78 is 43.1. The molecule has 6 heteroatoms. The van der Waals surface area contributed by atoms with Gasteiger partial charge in [-0.1, -0.05) is 42.5 Å². The van der Waals surface area contributed by atoms with Crippen LogP contribution in [0.5, 0.6) is 5.75 Å². The van der Waals surface area contributed by atoms with Crippen LogP contribution in [-0.2, 0) is 0 Å². The van der Waals surface area contributed by atoms with Crippen LogP contribution < -0.4 is 9.64 Å². The van der Waals surface area contributed by atoms with Crippen LogP contribution in [0.2, 0.25) is 5.02 Å². The van der Waals surface area contributed by atoms with Gasteiger partial charge in [-0.3, -0.25) is 0 Å². The number of benzene rings is 2. The molecule has 172 valence electrons. The Morgan fingerprint density at radius 1 is 1.33 bits per heavy atom. The summed E-state index contributed by atoms with van der Waals surface area (Å²) in [5.74, 6) is 3.22. The Bertz CT molecular complexity index is 1310. The van der Waals surface area contributed by atoms with E-state index in [1.807, 2.05) is 24.8 Å². The first kappa shape index (κ1) is 19.9. The van der Waals surface area contributed by atoms with Gasteiger partial charge in [0.2, 0.25) is 0 Å². The molecule has 3 nitrogen and oxygen atoms in total. The fourth-order valence-corrected chi connectivity index (χ4v) is 5.30. The normalized spacial score (nSPS) is 15.8. The Morgan fingerprint density at radius 3 is 2.76 bits per heavy atom. The zero-order valence-corrected chi connectivity index (χ0v) is 20.5. The summed E-state index contributed by atoms with van der Waals surface area (Å²) in [5, 5.41) is 1.26. The first-order chi connectivity index (χ1) is 17.0. The molecule has 1 saturated carbocycles. The highest BCUT2D eigenvalue weighted by Gasteiger charge is 2.32. The minimum atomic E-state index is -2.51. The Labute approximate surface area is 208 Å². The lowest BCUT2D eigenvalue weighted by Gasteiger charge is -2.31. The second-order valence-electron chi connectivity index (χ2n) is 8.47. The van der Waals surface area contributed by atoms with Gasteiger partial charge in [-0.25, -0.2) is 9.37 Å². The first-order valence-electron chi connectivity index (χ1n) is 12.4. The van der Waals surface area contributed by atoms with Crippen molar-refractivity contribution in [2.24, 2.45) is 5.92 Å². The van der Waals surface area contributed by atoms with E-state index >= 15 is 0 Å². The van der Waals surface area contributed by atoms with E-state index in [4.69, 9.17) is 31.9 Å². The van der Waals surface area contributed by atoms with E-state index in [9.17, 15) is 4.39 Å². The number of ether oxygens (including phenoxy) is 1. The number of thiazole rings is 1. The van der Waals surface area contributed by atoms with Crippen molar-refractivity contribution in [3.63, 3.8) is 0 Å². The van der Waals surface area contributed by atoms with Crippen LogP contribution >= 0.6 is 22.9 Å². The van der Waals surface area contributed by atoms with Crippen molar-refractivity contribution in [2.45, 2.75) is 46.0 Å². The minimum Gasteiger partial charge on any atom is -0.496 e. The average Bonchev–Trinajstić information content (AvgIpc) is 3.56. The third-order valence-electron chi connectivity index (χ3n) is 6.04. The van der Waals surface area contributed by atoms with Gasteiger partial charge in [0.25, 0.3) is 0 Å². The van der Waals surface area contributed by atoms with Crippen LogP contribution in [-0.4, -0.2) is 18.6 Å². The quantitative estimate of drug-likeness (QED) is 0.308. The van der Waals surface area contributed by atoms with Crippen molar-refractivity contribution in [1.29, 1.82) is 0 Å². The maximum Gasteiger partial charge on any atom is 0.187 e. The largest absolute Gasteiger partial charge is 0.496 e. The van der Waals surface area contributed by atoms with Crippen molar-refractivity contribution >= 4 is 28.1 Å². The van der Waals surface area contributed by atoms with Gasteiger partial charge in [-0.15, -0.1) is 17.8 Å². The molecule has 0 N–H and O–H groups in total. The number of hydrogen-bond acceptors (Lipinski definition) is 4. The highest BCUT2D eigenvalue weighted by Crippen LogP contribution is 2.44. The molecule has 4 rings (SSSR count). The zero-order valence-electron chi connectivity index (χ0n) is 21.9. The van der Waals surface area contributed by atoms with Gasteiger partial charge in [0.1, 0.15) is 11.6 Å². The van der Waals surface area contributed by atoms with Crippen LogP contribution in [0, 0.1) is 44.8 Å². The summed E-state index contributed by atoms with van der Waals surface area (Å²) in [6.07, 6.45) is 8.78. The van der Waals surface area contributed by atoms with Crippen LogP contribution in [0.25, 0.3) is 11.3 Å². The standard InChI is InChI=1S/C27H28ClFN2OS/c1-6-11-31(24(13-19-8-9-19)20-10-7-16(2)23(29)14-20)27-30-26(18(4)33-27)21-12-17(3)25(32-5)15-22(21)28/h1,7,10,12,14-15,19,24H,8-9,11,13H2,2-5H3/i2D3. The van der Waals surface area contributed by atoms with Crippen molar-refractivity contribution in [1.82, 2.24) is 4.98 Å². The lowest BCUT2D eigenvalue weighted by atomic mass is 9.98. The Hall–Kier alpha value is -2.55. The number of nitrogens with zero attached hydrogens (tertiary/aromatic N) is 2. The monoisotopic (exact) mass is 485 g/mol. The van der Waals surface area contributed by atoms with Gasteiger partial charge in [0.15, 0.2) is 5.13 Å². The first-order valence-corrected chi connectivity index (χ1v) is 12.0. The summed E-state index contributed by atoms with van der Waals surface area (Å²) in [7, 11) is 1.61. The molecule has 1 heterocycles. The molecule has 1 unspecified atom stereocenters. The predicted octanol–water partition coefficient (Wildman–Crippen LogP) is 7.52. The second kappa shape index (κ2) is 9.75. The Balaban J connectivity index is 1.77. The van der Waals surface area contributed by atoms with E-state index in [0.29, 0.717) is 22.3 Å². The summed E-state index contributed by atoms with van der Waals surface area (Å²) in [5.41, 5.74) is 2.93. The summed E-state index contributed by atoms with van der Waals surface area (Å²) >= 11 is 8.10. The van der Waals surface area contributed by atoms with Crippen LogP contribution in [0.4, 0.5) is 9.52 Å². The van der Waals surface area contributed by atoms with Crippen molar-refractivity contribution < 1.29 is 13.2 Å². The van der Waals surface area contributed by atoms with Gasteiger partial charge in [0.05, 0.1) is 30.4 Å². The molecule has 3 aromatic rings. The molecule has 33 heavy (non-hydrogen) atoms. The third-order valence-corrected chi connectivity index (χ3v) is 7.36. The SMILES string of the molecule is [2H]C([2H])([2H])c1ccc(C(CC2CC2)N(CC#C)c2nc(-c3cc(C)c(OC)cc3Cl)c(C)s2)cc1F. The van der Waals surface area contributed by atoms with E-state index in [1.54, 1.807) is 19.2 Å². The molecule has 0 amide bonds. The molecular formula is C27H28ClFN2OS. The number of methoxy groups -OCH3 is 1. The number of halogens is 2. The maximum atomic E-state index is 14.9. The summed E-state index contributed by atoms with van der Waals surface area (Å²) in [6.45, 7) is 1.71. The van der Waals surface area contributed by atoms with Gasteiger partial charge in [0, 0.05) is 14.6 Å². The van der Waals surface area contributed by atoms with E-state index in [0.717, 1.165) is 46.1 Å². The highest BCUT2D eigenvalue weighted by molar-refractivity contribution is 7.16. The minimum absolute atomic E-state index is 0.236. The fourth-order valence-electron chi connectivity index (χ4n) is 4.08. The molecule has 0 spiro atoms. The van der Waals surface area contributed by atoms with E-state index in [1.165, 1.54) is 23.5 Å². The molecule has 1 aliphatic carbocycles. The number of aromatic nitrogens is 1. The Morgan fingerprint density at radius 2 is 2.12 bits per heavy atom. The van der Waals surface area contributed by atoms with Crippen LogP contribution in [0.15, 0.2) is 30.3 Å². The lowest BCUT2D eigenvalue weighted by Crippen LogP contribution is -2.29. The lowest BCUT2D eigenvalue weighted by molar-refractivity contribution is 0.412. The highest BCUT2D eigenvalue weighted by atomic mass is 35.5. The van der Waals surface area contributed by atoms with Gasteiger partial charge >= 0.3 is 0 Å². The number of terminal acetylenes is 1. The molecular weight excluding hydrogens is 455 g/mol. The average molecular weight is 486 g/mol. The van der Waals surface area contributed by atoms with Crippen molar-refractivity contribution in [2.75, 3.05) is 18.6 Å². The predicted molar refractivity (Wildman–Crippen MR) is 136 cm³/mol. The van der Waals surface area contributed by atoms with Crippen LogP contribution in [0.1, 0.15) is 51.0 Å². The number of hydrogen-bond donors (Lipinski definition) is 0. The number of anilines is 1. The molecule has 1 aromatic heterocycles. The molecule has 0 saturated heterocycles. The fraction of sp³-hybridized carbons (Fsp3) is 0.370. The van der Waals surface area contributed by atoms with Crippen molar-refractivity contribution in [3.8, 4) is 29.4 Å². The van der Waals surface area contributed by atoms with Crippen molar-refractivity contribution in [3.05, 3.63) is 62.7 Å². The molecule has 1 aliphatic rings. The Kier molecular flexibility index (Phi) is 5.87. The molecule has 0 radical (unpaired) electrons. The second-order valence-corrected chi connectivity index (χ2v) is 10.1. The number of aryl methyl sites for hydroxylation is 3. The molecule has 1 fully saturated rings. The van der Waals surface area contributed by atoms with E-state index in [-0.39, 0.29) is 18.2 Å². The zero-order chi connectivity index (χ0) is 26.2. The smallest absolute Gasteiger partial charge is 0.187 e.